The maximum atomic E-state index is 3.67. The van der Waals surface area contributed by atoms with E-state index in [1.54, 1.807) is 0 Å². The Morgan fingerprint density at radius 3 is 2.47 bits per heavy atom. The van der Waals surface area contributed by atoms with Crippen molar-refractivity contribution in [1.29, 1.82) is 0 Å². The van der Waals surface area contributed by atoms with Crippen LogP contribution in [0.4, 0.5) is 0 Å². The van der Waals surface area contributed by atoms with Gasteiger partial charge in [0, 0.05) is 17.5 Å². The first kappa shape index (κ1) is 14.3. The van der Waals surface area contributed by atoms with Gasteiger partial charge in [0.15, 0.2) is 0 Å². The average molecular weight is 273 g/mol. The molecule has 1 N–H and O–H groups in total. The predicted molar refractivity (Wildman–Crippen MR) is 84.9 cm³/mol. The van der Waals surface area contributed by atoms with Crippen molar-refractivity contribution in [3.05, 3.63) is 57.8 Å². The molecule has 0 radical (unpaired) electrons. The van der Waals surface area contributed by atoms with E-state index in [1.165, 1.54) is 16.0 Å². The second-order valence-electron chi connectivity index (χ2n) is 4.84. The molecule has 0 spiro atoms. The molecule has 0 aliphatic rings. The predicted octanol–water partition coefficient (Wildman–Crippen LogP) is 4.59. The maximum absolute atomic E-state index is 3.67. The van der Waals surface area contributed by atoms with Crippen LogP contribution < -0.4 is 5.32 Å². The number of rotatable bonds is 7. The van der Waals surface area contributed by atoms with Crippen LogP contribution in [0.5, 0.6) is 0 Å². The van der Waals surface area contributed by atoms with E-state index in [-0.39, 0.29) is 0 Å². The summed E-state index contributed by atoms with van der Waals surface area (Å²) in [5.41, 5.74) is 2.82. The van der Waals surface area contributed by atoms with Gasteiger partial charge < -0.3 is 5.32 Å². The number of thiophene rings is 1. The van der Waals surface area contributed by atoms with Crippen LogP contribution in [0.3, 0.4) is 0 Å². The number of nitrogens with one attached hydrogen (secondary N) is 1. The average Bonchev–Trinajstić information content (AvgIpc) is 2.97. The Kier molecular flexibility index (Phi) is 5.62. The third kappa shape index (κ3) is 4.19. The first-order chi connectivity index (χ1) is 9.33. The Morgan fingerprint density at radius 1 is 1.11 bits per heavy atom. The molecule has 2 rings (SSSR count). The molecule has 0 saturated carbocycles. The van der Waals surface area contributed by atoms with Crippen molar-refractivity contribution < 1.29 is 0 Å². The van der Waals surface area contributed by atoms with Gasteiger partial charge in [0.1, 0.15) is 0 Å². The van der Waals surface area contributed by atoms with Gasteiger partial charge in [0.05, 0.1) is 0 Å². The molecule has 1 aromatic heterocycles. The topological polar surface area (TPSA) is 12.0 Å². The summed E-state index contributed by atoms with van der Waals surface area (Å²) >= 11 is 1.84. The number of aryl methyl sites for hydroxylation is 1. The van der Waals surface area contributed by atoms with Crippen molar-refractivity contribution in [2.75, 3.05) is 6.54 Å². The highest BCUT2D eigenvalue weighted by atomic mass is 32.1. The fraction of sp³-hybridized carbons (Fsp3) is 0.412. The summed E-state index contributed by atoms with van der Waals surface area (Å²) < 4.78 is 0. The molecule has 102 valence electrons. The van der Waals surface area contributed by atoms with Gasteiger partial charge >= 0.3 is 0 Å². The minimum absolute atomic E-state index is 0.478. The molecule has 0 aliphatic carbocycles. The highest BCUT2D eigenvalue weighted by Gasteiger charge is 2.08. The fourth-order valence-electron chi connectivity index (χ4n) is 2.31. The Morgan fingerprint density at radius 2 is 1.89 bits per heavy atom. The van der Waals surface area contributed by atoms with Gasteiger partial charge in [-0.25, -0.2) is 0 Å². The normalized spacial score (nSPS) is 12.5. The zero-order valence-electron chi connectivity index (χ0n) is 11.9. The van der Waals surface area contributed by atoms with E-state index in [1.807, 2.05) is 11.3 Å². The van der Waals surface area contributed by atoms with Gasteiger partial charge in [-0.15, -0.1) is 11.3 Å². The number of benzene rings is 1. The van der Waals surface area contributed by atoms with E-state index < -0.39 is 0 Å². The van der Waals surface area contributed by atoms with Gasteiger partial charge in [0.2, 0.25) is 0 Å². The van der Waals surface area contributed by atoms with E-state index in [0.717, 1.165) is 25.8 Å². The molecule has 1 nitrogen and oxygen atoms in total. The van der Waals surface area contributed by atoms with Crippen LogP contribution >= 0.6 is 11.3 Å². The summed E-state index contributed by atoms with van der Waals surface area (Å²) in [5, 5.41) is 5.82. The first-order valence-corrected chi connectivity index (χ1v) is 8.06. The number of hydrogen-bond donors (Lipinski definition) is 1. The first-order valence-electron chi connectivity index (χ1n) is 7.18. The van der Waals surface area contributed by atoms with Gasteiger partial charge in [-0.1, -0.05) is 44.2 Å². The Bertz CT molecular complexity index is 459. The van der Waals surface area contributed by atoms with Crippen molar-refractivity contribution in [1.82, 2.24) is 5.32 Å². The van der Waals surface area contributed by atoms with E-state index in [9.17, 15) is 0 Å². The molecule has 0 bridgehead atoms. The molecule has 0 saturated heterocycles. The Labute approximate surface area is 120 Å². The molecule has 0 amide bonds. The van der Waals surface area contributed by atoms with Crippen molar-refractivity contribution in [3.63, 3.8) is 0 Å². The van der Waals surface area contributed by atoms with E-state index in [0.29, 0.717) is 6.04 Å². The lowest BCUT2D eigenvalue weighted by Crippen LogP contribution is -2.23. The molecular weight excluding hydrogens is 250 g/mol. The maximum Gasteiger partial charge on any atom is 0.0317 e. The summed E-state index contributed by atoms with van der Waals surface area (Å²) in [7, 11) is 0. The monoisotopic (exact) mass is 273 g/mol. The van der Waals surface area contributed by atoms with E-state index in [2.05, 4.69) is 60.9 Å². The molecule has 1 atom stereocenters. The lowest BCUT2D eigenvalue weighted by atomic mass is 10.0. The Balaban J connectivity index is 1.88. The smallest absolute Gasteiger partial charge is 0.0317 e. The van der Waals surface area contributed by atoms with Gasteiger partial charge in [-0.3, -0.25) is 0 Å². The third-order valence-electron chi connectivity index (χ3n) is 3.54. The zero-order valence-corrected chi connectivity index (χ0v) is 12.7. The van der Waals surface area contributed by atoms with Crippen molar-refractivity contribution >= 4 is 11.3 Å². The quantitative estimate of drug-likeness (QED) is 0.777. The summed E-state index contributed by atoms with van der Waals surface area (Å²) in [6, 6.07) is 13.9. The van der Waals surface area contributed by atoms with Crippen LogP contribution in [-0.2, 0) is 12.8 Å². The number of hydrogen-bond acceptors (Lipinski definition) is 2. The minimum atomic E-state index is 0.478. The second kappa shape index (κ2) is 7.46. The van der Waals surface area contributed by atoms with Crippen LogP contribution in [0.2, 0.25) is 0 Å². The van der Waals surface area contributed by atoms with Crippen molar-refractivity contribution in [3.8, 4) is 0 Å². The van der Waals surface area contributed by atoms with Gasteiger partial charge in [0.25, 0.3) is 0 Å². The molecule has 0 aliphatic heterocycles. The zero-order chi connectivity index (χ0) is 13.5. The van der Waals surface area contributed by atoms with E-state index >= 15 is 0 Å². The summed E-state index contributed by atoms with van der Waals surface area (Å²) in [5.74, 6) is 0. The Hall–Kier alpha value is -1.12. The lowest BCUT2D eigenvalue weighted by Gasteiger charge is -2.17. The second-order valence-corrected chi connectivity index (χ2v) is 5.87. The van der Waals surface area contributed by atoms with E-state index in [4.69, 9.17) is 0 Å². The SMILES string of the molecule is CCc1ccc(C(CC)NCCc2cccs2)cc1. The summed E-state index contributed by atoms with van der Waals surface area (Å²) in [6.45, 7) is 5.50. The highest BCUT2D eigenvalue weighted by molar-refractivity contribution is 7.09. The summed E-state index contributed by atoms with van der Waals surface area (Å²) in [4.78, 5) is 1.46. The standard InChI is InChI=1S/C17H23NS/c1-3-14-7-9-15(10-8-14)17(4-2)18-12-11-16-6-5-13-19-16/h5-10,13,17-18H,3-4,11-12H2,1-2H3. The molecule has 1 aromatic carbocycles. The van der Waals surface area contributed by atoms with Crippen molar-refractivity contribution in [2.24, 2.45) is 0 Å². The minimum Gasteiger partial charge on any atom is -0.310 e. The van der Waals surface area contributed by atoms with Gasteiger partial charge in [-0.05, 0) is 41.8 Å². The van der Waals surface area contributed by atoms with Crippen LogP contribution in [-0.4, -0.2) is 6.54 Å². The van der Waals surface area contributed by atoms with Crippen LogP contribution in [0, 0.1) is 0 Å². The molecular formula is C17H23NS. The molecule has 2 aromatic rings. The van der Waals surface area contributed by atoms with Crippen molar-refractivity contribution in [2.45, 2.75) is 39.2 Å². The van der Waals surface area contributed by atoms with Crippen LogP contribution in [0.15, 0.2) is 41.8 Å². The lowest BCUT2D eigenvalue weighted by molar-refractivity contribution is 0.523. The molecule has 19 heavy (non-hydrogen) atoms. The van der Waals surface area contributed by atoms with Crippen LogP contribution in [0.1, 0.15) is 42.3 Å². The third-order valence-corrected chi connectivity index (χ3v) is 4.48. The highest BCUT2D eigenvalue weighted by Crippen LogP contribution is 2.18. The molecule has 2 heteroatoms. The van der Waals surface area contributed by atoms with Crippen LogP contribution in [0.25, 0.3) is 0 Å². The molecule has 1 unspecified atom stereocenters. The largest absolute Gasteiger partial charge is 0.310 e. The van der Waals surface area contributed by atoms with Gasteiger partial charge in [-0.2, -0.15) is 0 Å². The molecule has 1 heterocycles. The fourth-order valence-corrected chi connectivity index (χ4v) is 3.02. The molecule has 0 fully saturated rings. The summed E-state index contributed by atoms with van der Waals surface area (Å²) in [6.07, 6.45) is 3.38.